The van der Waals surface area contributed by atoms with E-state index in [0.29, 0.717) is 24.5 Å². The molecule has 0 spiro atoms. The average Bonchev–Trinajstić information content (AvgIpc) is 2.52. The van der Waals surface area contributed by atoms with Gasteiger partial charge in [-0.1, -0.05) is 11.6 Å². The minimum Gasteiger partial charge on any atom is -0.465 e. The lowest BCUT2D eigenvalue weighted by Crippen LogP contribution is -2.46. The molecule has 1 aliphatic rings. The number of nitrogens with one attached hydrogen (secondary N) is 1. The van der Waals surface area contributed by atoms with Crippen LogP contribution < -0.4 is 10.2 Å². The molecule has 1 amide bonds. The van der Waals surface area contributed by atoms with Crippen LogP contribution in [-0.4, -0.2) is 48.9 Å². The number of carbonyl (C=O) groups excluding carboxylic acids is 2. The third-order valence-corrected chi connectivity index (χ3v) is 3.94. The summed E-state index contributed by atoms with van der Waals surface area (Å²) in [5, 5.41) is 3.13. The minimum atomic E-state index is -0.514. The first-order chi connectivity index (χ1) is 11.7. The number of ether oxygens (including phenoxy) is 2. The Morgan fingerprint density at radius 3 is 2.48 bits per heavy atom. The predicted molar refractivity (Wildman–Crippen MR) is 95.2 cm³/mol. The Labute approximate surface area is 152 Å². The topological polar surface area (TPSA) is 80.8 Å². The maximum Gasteiger partial charge on any atom is 0.407 e. The van der Waals surface area contributed by atoms with Gasteiger partial charge < -0.3 is 19.7 Å². The molecule has 0 aromatic carbocycles. The van der Waals surface area contributed by atoms with Gasteiger partial charge in [-0.2, -0.15) is 0 Å². The molecule has 2 heterocycles. The van der Waals surface area contributed by atoms with Crippen LogP contribution in [0.4, 0.5) is 10.6 Å². The van der Waals surface area contributed by atoms with Crippen LogP contribution >= 0.6 is 11.6 Å². The molecular formula is C17H24ClN3O4. The van der Waals surface area contributed by atoms with Crippen LogP contribution in [0.15, 0.2) is 12.1 Å². The highest BCUT2D eigenvalue weighted by Gasteiger charge is 2.25. The maximum atomic E-state index is 11.8. The molecular weight excluding hydrogens is 346 g/mol. The quantitative estimate of drug-likeness (QED) is 0.651. The number of carbonyl (C=O) groups is 2. The fraction of sp³-hybridized carbons (Fsp3) is 0.588. The van der Waals surface area contributed by atoms with E-state index in [2.05, 4.69) is 10.3 Å². The van der Waals surface area contributed by atoms with Gasteiger partial charge in [0.05, 0.1) is 12.7 Å². The predicted octanol–water partition coefficient (Wildman–Crippen LogP) is 3.02. The molecule has 0 atom stereocenters. The number of pyridine rings is 1. The molecule has 1 aromatic heterocycles. The second-order valence-electron chi connectivity index (χ2n) is 6.94. The number of halogens is 1. The van der Waals surface area contributed by atoms with Gasteiger partial charge in [0.2, 0.25) is 0 Å². The number of methoxy groups -OCH3 is 1. The lowest BCUT2D eigenvalue weighted by atomic mass is 10.1. The average molecular weight is 370 g/mol. The van der Waals surface area contributed by atoms with Gasteiger partial charge in [0, 0.05) is 19.1 Å². The summed E-state index contributed by atoms with van der Waals surface area (Å²) in [4.78, 5) is 29.9. The van der Waals surface area contributed by atoms with E-state index < -0.39 is 17.7 Å². The summed E-state index contributed by atoms with van der Waals surface area (Å²) < 4.78 is 10.0. The lowest BCUT2D eigenvalue weighted by Gasteiger charge is -2.33. The maximum absolute atomic E-state index is 11.8. The van der Waals surface area contributed by atoms with E-state index in [1.54, 1.807) is 6.07 Å². The molecule has 2 rings (SSSR count). The summed E-state index contributed by atoms with van der Waals surface area (Å²) in [7, 11) is 1.32. The number of alkyl carbamates (subject to hydrolysis) is 1. The molecule has 0 unspecified atom stereocenters. The number of rotatable bonds is 3. The third kappa shape index (κ3) is 5.77. The van der Waals surface area contributed by atoms with Gasteiger partial charge >= 0.3 is 12.1 Å². The zero-order valence-electron chi connectivity index (χ0n) is 15.0. The third-order valence-electron chi connectivity index (χ3n) is 3.74. The van der Waals surface area contributed by atoms with Crippen molar-refractivity contribution in [1.82, 2.24) is 10.3 Å². The summed E-state index contributed by atoms with van der Waals surface area (Å²) >= 11 is 6.01. The van der Waals surface area contributed by atoms with Crippen LogP contribution in [0.1, 0.15) is 44.0 Å². The monoisotopic (exact) mass is 369 g/mol. The molecule has 0 bridgehead atoms. The Morgan fingerprint density at radius 2 is 1.92 bits per heavy atom. The fourth-order valence-electron chi connectivity index (χ4n) is 2.61. The Kier molecular flexibility index (Phi) is 6.11. The number of nitrogens with zero attached hydrogens (tertiary/aromatic N) is 2. The van der Waals surface area contributed by atoms with Crippen molar-refractivity contribution in [1.29, 1.82) is 0 Å². The lowest BCUT2D eigenvalue weighted by molar-refractivity contribution is 0.0496. The summed E-state index contributed by atoms with van der Waals surface area (Å²) in [5.41, 5.74) is -0.147. The second-order valence-corrected chi connectivity index (χ2v) is 7.32. The number of esters is 1. The van der Waals surface area contributed by atoms with E-state index in [1.807, 2.05) is 25.7 Å². The van der Waals surface area contributed by atoms with Crippen LogP contribution in [-0.2, 0) is 9.47 Å². The minimum absolute atomic E-state index is 0.0466. The zero-order chi connectivity index (χ0) is 18.6. The van der Waals surface area contributed by atoms with Crippen molar-refractivity contribution >= 4 is 29.5 Å². The van der Waals surface area contributed by atoms with Gasteiger partial charge in [0.25, 0.3) is 0 Å². The number of amides is 1. The molecule has 1 N–H and O–H groups in total. The van der Waals surface area contributed by atoms with Crippen molar-refractivity contribution in [3.05, 3.63) is 22.8 Å². The molecule has 25 heavy (non-hydrogen) atoms. The summed E-state index contributed by atoms with van der Waals surface area (Å²) in [6.45, 7) is 6.87. The molecule has 138 valence electrons. The molecule has 1 aromatic rings. The Balaban J connectivity index is 1.95. The summed E-state index contributed by atoms with van der Waals surface area (Å²) in [6.07, 6.45) is 1.10. The van der Waals surface area contributed by atoms with E-state index >= 15 is 0 Å². The van der Waals surface area contributed by atoms with E-state index in [9.17, 15) is 9.59 Å². The molecule has 0 aliphatic carbocycles. The van der Waals surface area contributed by atoms with Crippen molar-refractivity contribution in [2.24, 2.45) is 0 Å². The number of aromatic nitrogens is 1. The van der Waals surface area contributed by atoms with E-state index in [-0.39, 0.29) is 11.2 Å². The summed E-state index contributed by atoms with van der Waals surface area (Å²) in [6, 6.07) is 3.19. The molecule has 7 nitrogen and oxygen atoms in total. The standard InChI is InChI=1S/C17H24ClN3O4/c1-17(2,3)25-16(23)19-12-5-7-21(8-6-12)14-10-11(15(22)24-4)9-13(18)20-14/h9-10,12H,5-8H2,1-4H3,(H,19,23). The van der Waals surface area contributed by atoms with Gasteiger partial charge in [-0.15, -0.1) is 0 Å². The van der Waals surface area contributed by atoms with Gasteiger partial charge in [-0.25, -0.2) is 14.6 Å². The van der Waals surface area contributed by atoms with Crippen molar-refractivity contribution in [3.8, 4) is 0 Å². The molecule has 8 heteroatoms. The van der Waals surface area contributed by atoms with E-state index in [0.717, 1.165) is 12.8 Å². The van der Waals surface area contributed by atoms with Crippen LogP contribution in [0.2, 0.25) is 5.15 Å². The normalized spacial score (nSPS) is 15.6. The van der Waals surface area contributed by atoms with Gasteiger partial charge in [0.15, 0.2) is 0 Å². The van der Waals surface area contributed by atoms with Crippen LogP contribution in [0.25, 0.3) is 0 Å². The van der Waals surface area contributed by atoms with Crippen LogP contribution in [0.5, 0.6) is 0 Å². The Morgan fingerprint density at radius 1 is 1.28 bits per heavy atom. The first-order valence-corrected chi connectivity index (χ1v) is 8.56. The van der Waals surface area contributed by atoms with Crippen molar-refractivity contribution < 1.29 is 19.1 Å². The fourth-order valence-corrected chi connectivity index (χ4v) is 2.81. The summed E-state index contributed by atoms with van der Waals surface area (Å²) in [5.74, 6) is 0.177. The number of anilines is 1. The van der Waals surface area contributed by atoms with Crippen molar-refractivity contribution in [3.63, 3.8) is 0 Å². The largest absolute Gasteiger partial charge is 0.465 e. The molecule has 1 saturated heterocycles. The highest BCUT2D eigenvalue weighted by molar-refractivity contribution is 6.29. The Bertz CT molecular complexity index is 637. The van der Waals surface area contributed by atoms with E-state index in [4.69, 9.17) is 21.1 Å². The number of hydrogen-bond donors (Lipinski definition) is 1. The van der Waals surface area contributed by atoms with Crippen molar-refractivity contribution in [2.45, 2.75) is 45.3 Å². The van der Waals surface area contributed by atoms with Crippen molar-refractivity contribution in [2.75, 3.05) is 25.1 Å². The van der Waals surface area contributed by atoms with Crippen LogP contribution in [0, 0.1) is 0 Å². The highest BCUT2D eigenvalue weighted by Crippen LogP contribution is 2.22. The second kappa shape index (κ2) is 7.91. The smallest absolute Gasteiger partial charge is 0.407 e. The molecule has 0 saturated carbocycles. The van der Waals surface area contributed by atoms with Crippen LogP contribution in [0.3, 0.4) is 0 Å². The first-order valence-electron chi connectivity index (χ1n) is 8.18. The molecule has 1 aliphatic heterocycles. The van der Waals surface area contributed by atoms with Gasteiger partial charge in [-0.05, 0) is 45.7 Å². The van der Waals surface area contributed by atoms with E-state index in [1.165, 1.54) is 13.2 Å². The Hall–Kier alpha value is -2.02. The molecule has 1 fully saturated rings. The van der Waals surface area contributed by atoms with Gasteiger partial charge in [0.1, 0.15) is 16.6 Å². The van der Waals surface area contributed by atoms with Gasteiger partial charge in [-0.3, -0.25) is 0 Å². The number of hydrogen-bond acceptors (Lipinski definition) is 6. The SMILES string of the molecule is COC(=O)c1cc(Cl)nc(N2CCC(NC(=O)OC(C)(C)C)CC2)c1. The molecule has 0 radical (unpaired) electrons. The number of piperidine rings is 1. The highest BCUT2D eigenvalue weighted by atomic mass is 35.5. The zero-order valence-corrected chi connectivity index (χ0v) is 15.7. The first kappa shape index (κ1) is 19.3.